The van der Waals surface area contributed by atoms with Crippen LogP contribution >= 0.6 is 11.6 Å². The Labute approximate surface area is 163 Å². The molecule has 1 aromatic carbocycles. The minimum absolute atomic E-state index is 0.0231. The molecule has 10 nitrogen and oxygen atoms in total. The number of halogens is 1. The number of aromatic amines is 1. The molecule has 2 aromatic heterocycles. The zero-order chi connectivity index (χ0) is 20.3. The van der Waals surface area contributed by atoms with Gasteiger partial charge in [0.1, 0.15) is 6.33 Å². The van der Waals surface area contributed by atoms with Gasteiger partial charge < -0.3 is 9.47 Å². The zero-order valence-corrected chi connectivity index (χ0v) is 15.8. The highest BCUT2D eigenvalue weighted by Gasteiger charge is 2.22. The van der Waals surface area contributed by atoms with Gasteiger partial charge in [0, 0.05) is 0 Å². The maximum atomic E-state index is 12.3. The molecule has 0 spiro atoms. The summed E-state index contributed by atoms with van der Waals surface area (Å²) in [5.74, 6) is 0.889. The van der Waals surface area contributed by atoms with Gasteiger partial charge in [-0.05, 0) is 37.6 Å². The Kier molecular flexibility index (Phi) is 5.59. The second kappa shape index (κ2) is 8.09. The highest BCUT2D eigenvalue weighted by molar-refractivity contribution is 6.32. The number of fused-ring (bicyclic) bond motifs is 1. The molecule has 146 valence electrons. The molecule has 0 aliphatic heterocycles. The Bertz CT molecular complexity index is 1120. The van der Waals surface area contributed by atoms with Gasteiger partial charge in [-0.25, -0.2) is 9.97 Å². The molecule has 0 aliphatic rings. The largest absolute Gasteiger partial charge is 0.490 e. The quantitative estimate of drug-likeness (QED) is 0.473. The van der Waals surface area contributed by atoms with Crippen LogP contribution in [0.2, 0.25) is 5.02 Å². The molecule has 0 atom stereocenters. The molecule has 3 aromatic rings. The molecule has 28 heavy (non-hydrogen) atoms. The molecule has 2 heterocycles. The number of nitro groups is 1. The predicted octanol–water partition coefficient (Wildman–Crippen LogP) is 2.95. The molecule has 0 unspecified atom stereocenters. The molecular formula is C17H16ClN5O5. The summed E-state index contributed by atoms with van der Waals surface area (Å²) in [5.41, 5.74) is -1.05. The van der Waals surface area contributed by atoms with Crippen molar-refractivity contribution in [2.45, 2.75) is 13.8 Å². The topological polar surface area (TPSA) is 125 Å². The van der Waals surface area contributed by atoms with E-state index in [0.717, 1.165) is 4.52 Å². The Balaban J connectivity index is 2.08. The first-order valence-corrected chi connectivity index (χ1v) is 8.71. The highest BCUT2D eigenvalue weighted by atomic mass is 35.5. The molecule has 0 aliphatic carbocycles. The lowest BCUT2D eigenvalue weighted by molar-refractivity contribution is -0.386. The molecule has 0 saturated heterocycles. The average Bonchev–Trinajstić information content (AvgIpc) is 3.11. The second-order valence-corrected chi connectivity index (χ2v) is 5.87. The molecule has 0 saturated carbocycles. The van der Waals surface area contributed by atoms with Crippen LogP contribution in [0.25, 0.3) is 17.9 Å². The maximum absolute atomic E-state index is 12.3. The van der Waals surface area contributed by atoms with Crippen LogP contribution in [-0.2, 0) is 0 Å². The number of hydrogen-bond acceptors (Lipinski definition) is 7. The van der Waals surface area contributed by atoms with Crippen molar-refractivity contribution in [1.82, 2.24) is 19.6 Å². The van der Waals surface area contributed by atoms with Crippen molar-refractivity contribution < 1.29 is 14.4 Å². The Morgan fingerprint density at radius 2 is 2.04 bits per heavy atom. The van der Waals surface area contributed by atoms with Gasteiger partial charge in [-0.15, -0.1) is 0 Å². The van der Waals surface area contributed by atoms with E-state index in [2.05, 4.69) is 15.1 Å². The van der Waals surface area contributed by atoms with Crippen LogP contribution < -0.4 is 15.0 Å². The maximum Gasteiger partial charge on any atom is 0.361 e. The van der Waals surface area contributed by atoms with E-state index in [4.69, 9.17) is 21.1 Å². The van der Waals surface area contributed by atoms with E-state index in [9.17, 15) is 14.9 Å². The third-order valence-corrected chi connectivity index (χ3v) is 3.95. The number of ether oxygens (including phenoxy) is 2. The van der Waals surface area contributed by atoms with Crippen molar-refractivity contribution in [3.63, 3.8) is 0 Å². The summed E-state index contributed by atoms with van der Waals surface area (Å²) in [4.78, 5) is 30.8. The summed E-state index contributed by atoms with van der Waals surface area (Å²) in [6.45, 7) is 4.47. The van der Waals surface area contributed by atoms with Gasteiger partial charge in [-0.2, -0.15) is 4.52 Å². The highest BCUT2D eigenvalue weighted by Crippen LogP contribution is 2.37. The predicted molar refractivity (Wildman–Crippen MR) is 103 cm³/mol. The Hall–Kier alpha value is -3.40. The first-order valence-electron chi connectivity index (χ1n) is 8.34. The van der Waals surface area contributed by atoms with Crippen LogP contribution in [0.1, 0.15) is 25.1 Å². The molecule has 0 fully saturated rings. The number of aromatic nitrogens is 4. The number of rotatable bonds is 7. The molecule has 0 amide bonds. The summed E-state index contributed by atoms with van der Waals surface area (Å²) in [5, 5.41) is 14.2. The zero-order valence-electron chi connectivity index (χ0n) is 15.0. The smallest absolute Gasteiger partial charge is 0.361 e. The van der Waals surface area contributed by atoms with Gasteiger partial charge in [0.15, 0.2) is 17.2 Å². The van der Waals surface area contributed by atoms with Crippen LogP contribution in [0.5, 0.6) is 11.5 Å². The molecule has 11 heteroatoms. The van der Waals surface area contributed by atoms with E-state index >= 15 is 0 Å². The lowest BCUT2D eigenvalue weighted by atomic mass is 10.1. The molecule has 1 N–H and O–H groups in total. The van der Waals surface area contributed by atoms with Crippen LogP contribution in [0.4, 0.5) is 5.69 Å². The SMILES string of the molecule is CCOc1cc(C=Cc2nc3nc[nH]n3c(=O)c2[N+](=O)[O-])cc(Cl)c1OCC. The van der Waals surface area contributed by atoms with Crippen LogP contribution in [0, 0.1) is 10.1 Å². The normalized spacial score (nSPS) is 11.2. The number of benzene rings is 1. The Morgan fingerprint density at radius 3 is 2.71 bits per heavy atom. The fourth-order valence-electron chi connectivity index (χ4n) is 2.56. The van der Waals surface area contributed by atoms with E-state index < -0.39 is 16.2 Å². The van der Waals surface area contributed by atoms with Gasteiger partial charge >= 0.3 is 11.2 Å². The van der Waals surface area contributed by atoms with Crippen molar-refractivity contribution in [2.24, 2.45) is 0 Å². The lowest BCUT2D eigenvalue weighted by Crippen LogP contribution is -2.20. The third kappa shape index (κ3) is 3.67. The van der Waals surface area contributed by atoms with Gasteiger partial charge in [-0.3, -0.25) is 20.0 Å². The minimum Gasteiger partial charge on any atom is -0.490 e. The number of H-pyrrole nitrogens is 1. The lowest BCUT2D eigenvalue weighted by Gasteiger charge is -2.13. The van der Waals surface area contributed by atoms with E-state index in [0.29, 0.717) is 35.3 Å². The number of nitrogens with one attached hydrogen (secondary N) is 1. The molecule has 3 rings (SSSR count). The van der Waals surface area contributed by atoms with E-state index in [1.54, 1.807) is 18.2 Å². The average molecular weight is 406 g/mol. The van der Waals surface area contributed by atoms with Crippen molar-refractivity contribution in [2.75, 3.05) is 13.2 Å². The van der Waals surface area contributed by atoms with Gasteiger partial charge in [-0.1, -0.05) is 17.7 Å². The molecule has 0 radical (unpaired) electrons. The fraction of sp³-hybridized carbons (Fsp3) is 0.235. The summed E-state index contributed by atoms with van der Waals surface area (Å²) in [7, 11) is 0. The fourth-order valence-corrected chi connectivity index (χ4v) is 2.83. The number of nitrogens with zero attached hydrogens (tertiary/aromatic N) is 4. The van der Waals surface area contributed by atoms with Crippen molar-refractivity contribution in [3.8, 4) is 11.5 Å². The summed E-state index contributed by atoms with van der Waals surface area (Å²) in [6, 6.07) is 3.31. The molecular weight excluding hydrogens is 390 g/mol. The van der Waals surface area contributed by atoms with Crippen LogP contribution in [0.3, 0.4) is 0 Å². The monoisotopic (exact) mass is 405 g/mol. The van der Waals surface area contributed by atoms with Crippen LogP contribution in [0.15, 0.2) is 23.3 Å². The molecule has 0 bridgehead atoms. The summed E-state index contributed by atoms with van der Waals surface area (Å²) < 4.78 is 12.0. The summed E-state index contributed by atoms with van der Waals surface area (Å²) in [6.07, 6.45) is 4.12. The van der Waals surface area contributed by atoms with Crippen molar-refractivity contribution >= 4 is 35.2 Å². The van der Waals surface area contributed by atoms with Crippen LogP contribution in [-0.4, -0.2) is 37.7 Å². The first-order chi connectivity index (χ1) is 13.5. The second-order valence-electron chi connectivity index (χ2n) is 5.46. The van der Waals surface area contributed by atoms with E-state index in [-0.39, 0.29) is 11.5 Å². The van der Waals surface area contributed by atoms with Gasteiger partial charge in [0.25, 0.3) is 5.78 Å². The van der Waals surface area contributed by atoms with Crippen molar-refractivity contribution in [3.05, 3.63) is 55.2 Å². The van der Waals surface area contributed by atoms with E-state index in [1.807, 2.05) is 13.8 Å². The minimum atomic E-state index is -0.855. The number of hydrogen-bond donors (Lipinski definition) is 1. The standard InChI is InChI=1S/C17H16ClN5O5/c1-3-27-13-8-10(7-11(18)15(13)28-4-2)5-6-12-14(23(25)26)16(24)22-17(21-12)19-9-20-22/h5-9H,3-4H2,1-2H3,(H,19,20,21). The third-order valence-electron chi connectivity index (χ3n) is 3.67. The van der Waals surface area contributed by atoms with Gasteiger partial charge in [0.05, 0.1) is 23.2 Å². The van der Waals surface area contributed by atoms with E-state index in [1.165, 1.54) is 12.4 Å². The van der Waals surface area contributed by atoms with Gasteiger partial charge in [0.2, 0.25) is 0 Å². The van der Waals surface area contributed by atoms with Crippen molar-refractivity contribution in [1.29, 1.82) is 0 Å². The Morgan fingerprint density at radius 1 is 1.29 bits per heavy atom. The first kappa shape index (κ1) is 19.4. The summed E-state index contributed by atoms with van der Waals surface area (Å²) >= 11 is 6.27.